The molecular formula is C25H28N4O2. The van der Waals surface area contributed by atoms with E-state index in [1.807, 2.05) is 67.1 Å². The number of nitrogens with zero attached hydrogens (tertiary/aromatic N) is 3. The van der Waals surface area contributed by atoms with Crippen molar-refractivity contribution in [2.75, 3.05) is 4.90 Å². The molecule has 0 saturated heterocycles. The Kier molecular flexibility index (Phi) is 6.16. The summed E-state index contributed by atoms with van der Waals surface area (Å²) in [5, 5.41) is 7.52. The quantitative estimate of drug-likeness (QED) is 0.636. The van der Waals surface area contributed by atoms with Gasteiger partial charge in [-0.1, -0.05) is 42.5 Å². The first-order chi connectivity index (χ1) is 15.0. The lowest BCUT2D eigenvalue weighted by atomic mass is 10.1. The van der Waals surface area contributed by atoms with Crippen LogP contribution in [0.15, 0.2) is 60.7 Å². The van der Waals surface area contributed by atoms with Gasteiger partial charge in [0.25, 0.3) is 5.91 Å². The van der Waals surface area contributed by atoms with Gasteiger partial charge in [-0.15, -0.1) is 0 Å². The number of carbonyl (C=O) groups excluding carboxylic acids is 2. The van der Waals surface area contributed by atoms with E-state index in [-0.39, 0.29) is 17.9 Å². The molecule has 0 radical (unpaired) electrons. The number of nitrogens with one attached hydrogen (secondary N) is 1. The van der Waals surface area contributed by atoms with Crippen molar-refractivity contribution in [1.29, 1.82) is 0 Å². The molecule has 1 aromatic heterocycles. The summed E-state index contributed by atoms with van der Waals surface area (Å²) in [6.07, 6.45) is 2.27. The van der Waals surface area contributed by atoms with Gasteiger partial charge in [0.1, 0.15) is 5.82 Å². The summed E-state index contributed by atoms with van der Waals surface area (Å²) in [4.78, 5) is 26.8. The zero-order chi connectivity index (χ0) is 21.8. The molecule has 1 aliphatic heterocycles. The van der Waals surface area contributed by atoms with Crippen molar-refractivity contribution in [3.63, 3.8) is 0 Å². The van der Waals surface area contributed by atoms with E-state index >= 15 is 0 Å². The highest BCUT2D eigenvalue weighted by Crippen LogP contribution is 2.24. The fraction of sp³-hybridized carbons (Fsp3) is 0.320. The predicted octanol–water partition coefficient (Wildman–Crippen LogP) is 3.88. The summed E-state index contributed by atoms with van der Waals surface area (Å²) >= 11 is 0. The van der Waals surface area contributed by atoms with E-state index in [1.165, 1.54) is 5.56 Å². The lowest BCUT2D eigenvalue weighted by Gasteiger charge is -2.27. The lowest BCUT2D eigenvalue weighted by Crippen LogP contribution is -2.37. The molecule has 1 atom stereocenters. The van der Waals surface area contributed by atoms with E-state index in [1.54, 1.807) is 4.90 Å². The third-order valence-electron chi connectivity index (χ3n) is 5.64. The normalized spacial score (nSPS) is 14.3. The van der Waals surface area contributed by atoms with Gasteiger partial charge in [-0.2, -0.15) is 5.10 Å². The standard InChI is InChI=1S/C25H28N4O2/c1-18(8-9-20-6-4-3-5-7-20)26-25(31)22-12-10-21(11-13-22)17-28-23-16-19(2)27-29(23)15-14-24(28)30/h3-7,10-13,16,18H,8-9,14-15,17H2,1-2H3,(H,26,31)/t18-/m1/s1. The van der Waals surface area contributed by atoms with Crippen LogP contribution < -0.4 is 10.2 Å². The number of carbonyl (C=O) groups is 2. The van der Waals surface area contributed by atoms with Crippen molar-refractivity contribution >= 4 is 17.6 Å². The monoisotopic (exact) mass is 416 g/mol. The lowest BCUT2D eigenvalue weighted by molar-refractivity contribution is -0.119. The Balaban J connectivity index is 1.34. The molecule has 160 valence electrons. The molecule has 0 unspecified atom stereocenters. The highest BCUT2D eigenvalue weighted by atomic mass is 16.2. The molecule has 2 amide bonds. The van der Waals surface area contributed by atoms with Crippen LogP contribution in [0.3, 0.4) is 0 Å². The second kappa shape index (κ2) is 9.16. The van der Waals surface area contributed by atoms with Crippen molar-refractivity contribution in [2.24, 2.45) is 0 Å². The zero-order valence-corrected chi connectivity index (χ0v) is 18.0. The Morgan fingerprint density at radius 3 is 2.58 bits per heavy atom. The number of fused-ring (bicyclic) bond motifs is 1. The fourth-order valence-electron chi connectivity index (χ4n) is 3.90. The maximum atomic E-state index is 12.6. The summed E-state index contributed by atoms with van der Waals surface area (Å²) in [5.41, 5.74) is 3.79. The summed E-state index contributed by atoms with van der Waals surface area (Å²) in [6.45, 7) is 5.06. The summed E-state index contributed by atoms with van der Waals surface area (Å²) in [7, 11) is 0. The molecule has 1 aliphatic rings. The van der Waals surface area contributed by atoms with Crippen molar-refractivity contribution in [2.45, 2.75) is 52.2 Å². The van der Waals surface area contributed by atoms with E-state index < -0.39 is 0 Å². The van der Waals surface area contributed by atoms with E-state index in [4.69, 9.17) is 0 Å². The average Bonchev–Trinajstić information content (AvgIpc) is 3.16. The van der Waals surface area contributed by atoms with Crippen LogP contribution in [0.4, 0.5) is 5.82 Å². The minimum Gasteiger partial charge on any atom is -0.350 e. The molecule has 2 aromatic carbocycles. The van der Waals surface area contributed by atoms with Crippen LogP contribution in [0, 0.1) is 6.92 Å². The molecule has 0 aliphatic carbocycles. The van der Waals surface area contributed by atoms with Gasteiger partial charge in [0.05, 0.1) is 18.8 Å². The third kappa shape index (κ3) is 5.02. The second-order valence-electron chi connectivity index (χ2n) is 8.19. The molecule has 2 heterocycles. The Morgan fingerprint density at radius 2 is 1.84 bits per heavy atom. The van der Waals surface area contributed by atoms with Crippen LogP contribution in [0.2, 0.25) is 0 Å². The zero-order valence-electron chi connectivity index (χ0n) is 18.0. The van der Waals surface area contributed by atoms with E-state index in [0.717, 1.165) is 29.9 Å². The van der Waals surface area contributed by atoms with Gasteiger partial charge in [-0.05, 0) is 49.9 Å². The van der Waals surface area contributed by atoms with E-state index in [9.17, 15) is 9.59 Å². The topological polar surface area (TPSA) is 67.2 Å². The largest absolute Gasteiger partial charge is 0.350 e. The van der Waals surface area contributed by atoms with Crippen molar-refractivity contribution in [1.82, 2.24) is 15.1 Å². The van der Waals surface area contributed by atoms with Crippen LogP contribution in [0.25, 0.3) is 0 Å². The van der Waals surface area contributed by atoms with Crippen molar-refractivity contribution in [3.05, 3.63) is 83.0 Å². The first kappa shape index (κ1) is 20.8. The predicted molar refractivity (Wildman–Crippen MR) is 121 cm³/mol. The van der Waals surface area contributed by atoms with Crippen LogP contribution in [-0.2, 0) is 24.3 Å². The first-order valence-electron chi connectivity index (χ1n) is 10.8. The Hall–Kier alpha value is -3.41. The summed E-state index contributed by atoms with van der Waals surface area (Å²) < 4.78 is 1.88. The van der Waals surface area contributed by atoms with Crippen molar-refractivity contribution < 1.29 is 9.59 Å². The number of hydrogen-bond acceptors (Lipinski definition) is 3. The second-order valence-corrected chi connectivity index (χ2v) is 8.19. The maximum absolute atomic E-state index is 12.6. The molecule has 0 bridgehead atoms. The molecule has 1 N–H and O–H groups in total. The Labute approximate surface area is 182 Å². The number of amides is 2. The highest BCUT2D eigenvalue weighted by Gasteiger charge is 2.25. The van der Waals surface area contributed by atoms with Gasteiger partial charge in [0.2, 0.25) is 5.91 Å². The first-order valence-corrected chi connectivity index (χ1v) is 10.8. The Bertz CT molecular complexity index is 1060. The summed E-state index contributed by atoms with van der Waals surface area (Å²) in [5.74, 6) is 0.860. The third-order valence-corrected chi connectivity index (χ3v) is 5.64. The van der Waals surface area contributed by atoms with Gasteiger partial charge in [0.15, 0.2) is 0 Å². The number of benzene rings is 2. The average molecular weight is 417 g/mol. The van der Waals surface area contributed by atoms with Crippen LogP contribution in [0.1, 0.15) is 46.9 Å². The van der Waals surface area contributed by atoms with Gasteiger partial charge < -0.3 is 5.32 Å². The SMILES string of the molecule is Cc1cc2n(n1)CCC(=O)N2Cc1ccc(C(=O)N[C@H](C)CCc2ccccc2)cc1. The number of hydrogen-bond donors (Lipinski definition) is 1. The molecule has 31 heavy (non-hydrogen) atoms. The van der Waals surface area contributed by atoms with Crippen LogP contribution in [0.5, 0.6) is 0 Å². The number of rotatable bonds is 7. The maximum Gasteiger partial charge on any atom is 0.251 e. The molecular weight excluding hydrogens is 388 g/mol. The van der Waals surface area contributed by atoms with Gasteiger partial charge in [0, 0.05) is 24.1 Å². The minimum atomic E-state index is -0.0742. The molecule has 0 spiro atoms. The summed E-state index contributed by atoms with van der Waals surface area (Å²) in [6, 6.07) is 19.8. The van der Waals surface area contributed by atoms with Gasteiger partial charge in [-0.25, -0.2) is 4.68 Å². The van der Waals surface area contributed by atoms with Crippen LogP contribution >= 0.6 is 0 Å². The van der Waals surface area contributed by atoms with Crippen molar-refractivity contribution in [3.8, 4) is 0 Å². The molecule has 4 rings (SSSR count). The number of aromatic nitrogens is 2. The molecule has 0 saturated carbocycles. The molecule has 6 nitrogen and oxygen atoms in total. The highest BCUT2D eigenvalue weighted by molar-refractivity contribution is 5.95. The minimum absolute atomic E-state index is 0.0742. The number of anilines is 1. The van der Waals surface area contributed by atoms with E-state index in [0.29, 0.717) is 25.1 Å². The smallest absolute Gasteiger partial charge is 0.251 e. The molecule has 0 fully saturated rings. The molecule has 6 heteroatoms. The molecule has 3 aromatic rings. The Morgan fingerprint density at radius 1 is 1.10 bits per heavy atom. The van der Waals surface area contributed by atoms with E-state index in [2.05, 4.69) is 22.5 Å². The van der Waals surface area contributed by atoms with Crippen LogP contribution in [-0.4, -0.2) is 27.6 Å². The fourth-order valence-corrected chi connectivity index (χ4v) is 3.90. The van der Waals surface area contributed by atoms with Gasteiger partial charge in [-0.3, -0.25) is 14.5 Å². The van der Waals surface area contributed by atoms with Gasteiger partial charge >= 0.3 is 0 Å². The number of aryl methyl sites for hydroxylation is 3.